The molecule has 20 heavy (non-hydrogen) atoms. The standard InChI is InChI=1S/C18H34N2/c1-4-13(5-2)7-16(20-19)18-10-14-6-15(11-18)9-17(3,8-14)12-18/h13-16,20H,4-12,19H2,1-3H3. The molecule has 0 spiro atoms. The molecule has 116 valence electrons. The van der Waals surface area contributed by atoms with Crippen LogP contribution in [0.2, 0.25) is 0 Å². The molecule has 4 rings (SSSR count). The Morgan fingerprint density at radius 1 is 1.10 bits per heavy atom. The quantitative estimate of drug-likeness (QED) is 0.563. The van der Waals surface area contributed by atoms with Crippen LogP contribution >= 0.6 is 0 Å². The number of rotatable bonds is 6. The number of nitrogens with one attached hydrogen (secondary N) is 1. The zero-order chi connectivity index (χ0) is 14.4. The Kier molecular flexibility index (Phi) is 3.92. The first-order valence-electron chi connectivity index (χ1n) is 8.98. The van der Waals surface area contributed by atoms with Crippen LogP contribution in [0, 0.1) is 28.6 Å². The molecule has 4 aliphatic rings. The van der Waals surface area contributed by atoms with E-state index in [-0.39, 0.29) is 0 Å². The van der Waals surface area contributed by atoms with Crippen LogP contribution in [0.3, 0.4) is 0 Å². The van der Waals surface area contributed by atoms with E-state index in [4.69, 9.17) is 5.84 Å². The third kappa shape index (κ3) is 2.43. The lowest BCUT2D eigenvalue weighted by Crippen LogP contribution is -2.60. The van der Waals surface area contributed by atoms with Gasteiger partial charge in [-0.1, -0.05) is 33.6 Å². The van der Waals surface area contributed by atoms with Gasteiger partial charge in [-0.25, -0.2) is 0 Å². The number of hydrogen-bond acceptors (Lipinski definition) is 2. The topological polar surface area (TPSA) is 38.0 Å². The summed E-state index contributed by atoms with van der Waals surface area (Å²) in [5.74, 6) is 8.89. The molecule has 3 N–H and O–H groups in total. The lowest BCUT2D eigenvalue weighted by Gasteiger charge is -2.63. The summed E-state index contributed by atoms with van der Waals surface area (Å²) in [6, 6.07) is 0.553. The monoisotopic (exact) mass is 278 g/mol. The predicted octanol–water partition coefficient (Wildman–Crippen LogP) is 4.25. The van der Waals surface area contributed by atoms with Crippen LogP contribution in [0.15, 0.2) is 0 Å². The second-order valence-electron chi connectivity index (χ2n) is 8.77. The molecule has 3 atom stereocenters. The molecule has 0 aromatic carbocycles. The van der Waals surface area contributed by atoms with Gasteiger partial charge in [0.25, 0.3) is 0 Å². The Morgan fingerprint density at radius 3 is 2.15 bits per heavy atom. The van der Waals surface area contributed by atoms with Gasteiger partial charge >= 0.3 is 0 Å². The molecule has 4 saturated carbocycles. The lowest BCUT2D eigenvalue weighted by atomic mass is 9.43. The van der Waals surface area contributed by atoms with Gasteiger partial charge in [0.1, 0.15) is 0 Å². The average Bonchev–Trinajstić information content (AvgIpc) is 2.37. The summed E-state index contributed by atoms with van der Waals surface area (Å²) in [7, 11) is 0. The maximum atomic E-state index is 6.05. The maximum absolute atomic E-state index is 6.05. The van der Waals surface area contributed by atoms with Crippen LogP contribution in [-0.2, 0) is 0 Å². The normalized spacial score (nSPS) is 44.2. The molecule has 4 fully saturated rings. The van der Waals surface area contributed by atoms with E-state index in [1.54, 1.807) is 0 Å². The first kappa shape index (κ1) is 14.8. The van der Waals surface area contributed by atoms with E-state index in [2.05, 4.69) is 26.2 Å². The summed E-state index contributed by atoms with van der Waals surface area (Å²) in [6.07, 6.45) is 12.7. The summed E-state index contributed by atoms with van der Waals surface area (Å²) in [5.41, 5.74) is 4.43. The molecule has 2 nitrogen and oxygen atoms in total. The van der Waals surface area contributed by atoms with Crippen molar-refractivity contribution in [1.29, 1.82) is 0 Å². The smallest absolute Gasteiger partial charge is 0.0269 e. The van der Waals surface area contributed by atoms with Gasteiger partial charge in [0.15, 0.2) is 0 Å². The van der Waals surface area contributed by atoms with Crippen LogP contribution in [0.1, 0.15) is 78.6 Å². The van der Waals surface area contributed by atoms with Gasteiger partial charge in [-0.05, 0) is 73.5 Å². The Balaban J connectivity index is 1.80. The fourth-order valence-electron chi connectivity index (χ4n) is 6.66. The fourth-order valence-corrected chi connectivity index (χ4v) is 6.66. The Hall–Kier alpha value is -0.0800. The van der Waals surface area contributed by atoms with Crippen LogP contribution in [0.25, 0.3) is 0 Å². The molecule has 2 heteroatoms. The second kappa shape index (κ2) is 5.28. The van der Waals surface area contributed by atoms with Crippen LogP contribution in [0.5, 0.6) is 0 Å². The van der Waals surface area contributed by atoms with Crippen molar-refractivity contribution in [3.8, 4) is 0 Å². The maximum Gasteiger partial charge on any atom is 0.0269 e. The van der Waals surface area contributed by atoms with E-state index in [0.29, 0.717) is 16.9 Å². The number of nitrogens with two attached hydrogens (primary N) is 1. The van der Waals surface area contributed by atoms with Gasteiger partial charge < -0.3 is 0 Å². The first-order chi connectivity index (χ1) is 9.52. The van der Waals surface area contributed by atoms with Crippen molar-refractivity contribution in [3.05, 3.63) is 0 Å². The minimum Gasteiger partial charge on any atom is -0.271 e. The molecular formula is C18H34N2. The molecule has 0 aromatic heterocycles. The highest BCUT2D eigenvalue weighted by Gasteiger charge is 2.58. The van der Waals surface area contributed by atoms with E-state index in [9.17, 15) is 0 Å². The van der Waals surface area contributed by atoms with E-state index >= 15 is 0 Å². The molecule has 0 radical (unpaired) electrons. The van der Waals surface area contributed by atoms with Gasteiger partial charge in [0.2, 0.25) is 0 Å². The van der Waals surface area contributed by atoms with Crippen molar-refractivity contribution in [2.75, 3.05) is 0 Å². The summed E-state index contributed by atoms with van der Waals surface area (Å²) in [5, 5.41) is 0. The molecule has 0 amide bonds. The van der Waals surface area contributed by atoms with Gasteiger partial charge in [-0.2, -0.15) is 0 Å². The van der Waals surface area contributed by atoms with Crippen molar-refractivity contribution in [3.63, 3.8) is 0 Å². The van der Waals surface area contributed by atoms with Crippen molar-refractivity contribution in [2.45, 2.75) is 84.6 Å². The predicted molar refractivity (Wildman–Crippen MR) is 85.0 cm³/mol. The van der Waals surface area contributed by atoms with E-state index < -0.39 is 0 Å². The highest BCUT2D eigenvalue weighted by Crippen LogP contribution is 2.66. The average molecular weight is 278 g/mol. The minimum absolute atomic E-state index is 0.524. The summed E-state index contributed by atoms with van der Waals surface area (Å²) in [4.78, 5) is 0. The fraction of sp³-hybridized carbons (Fsp3) is 1.00. The van der Waals surface area contributed by atoms with Crippen LogP contribution in [0.4, 0.5) is 0 Å². The molecule has 0 aliphatic heterocycles. The van der Waals surface area contributed by atoms with Gasteiger partial charge in [-0.3, -0.25) is 11.3 Å². The van der Waals surface area contributed by atoms with Crippen molar-refractivity contribution in [1.82, 2.24) is 5.43 Å². The second-order valence-corrected chi connectivity index (χ2v) is 8.77. The molecule has 4 bridgehead atoms. The molecule has 0 heterocycles. The van der Waals surface area contributed by atoms with E-state index in [0.717, 1.165) is 17.8 Å². The van der Waals surface area contributed by atoms with Crippen LogP contribution < -0.4 is 11.3 Å². The largest absolute Gasteiger partial charge is 0.271 e. The zero-order valence-corrected chi connectivity index (χ0v) is 13.8. The van der Waals surface area contributed by atoms with Gasteiger partial charge in [0.05, 0.1) is 0 Å². The highest BCUT2D eigenvalue weighted by atomic mass is 15.2. The Morgan fingerprint density at radius 2 is 1.70 bits per heavy atom. The Labute approximate surface area is 125 Å². The summed E-state index contributed by atoms with van der Waals surface area (Å²) in [6.45, 7) is 7.23. The van der Waals surface area contributed by atoms with E-state index in [1.165, 1.54) is 57.8 Å². The first-order valence-corrected chi connectivity index (χ1v) is 8.98. The molecule has 3 unspecified atom stereocenters. The lowest BCUT2D eigenvalue weighted by molar-refractivity contribution is -0.121. The third-order valence-corrected chi connectivity index (χ3v) is 7.06. The third-order valence-electron chi connectivity index (χ3n) is 7.06. The summed E-state index contributed by atoms with van der Waals surface area (Å²) < 4.78 is 0. The van der Waals surface area contributed by atoms with Gasteiger partial charge in [0, 0.05) is 6.04 Å². The summed E-state index contributed by atoms with van der Waals surface area (Å²) >= 11 is 0. The zero-order valence-electron chi connectivity index (χ0n) is 13.8. The molecule has 0 aromatic rings. The SMILES string of the molecule is CCC(CC)CC(NN)C12CC3CC(CC(C)(C3)C1)C2. The van der Waals surface area contributed by atoms with E-state index in [1.807, 2.05) is 0 Å². The van der Waals surface area contributed by atoms with Crippen molar-refractivity contribution >= 4 is 0 Å². The van der Waals surface area contributed by atoms with Crippen LogP contribution in [-0.4, -0.2) is 6.04 Å². The van der Waals surface area contributed by atoms with Gasteiger partial charge in [-0.15, -0.1) is 0 Å². The molecule has 4 aliphatic carbocycles. The molecule has 0 saturated heterocycles. The minimum atomic E-state index is 0.524. The number of hydrazine groups is 1. The number of hydrogen-bond donors (Lipinski definition) is 2. The molecular weight excluding hydrogens is 244 g/mol. The Bertz CT molecular complexity index is 333. The van der Waals surface area contributed by atoms with Crippen molar-refractivity contribution in [2.24, 2.45) is 34.4 Å². The van der Waals surface area contributed by atoms with Crippen molar-refractivity contribution < 1.29 is 0 Å². The highest BCUT2D eigenvalue weighted by molar-refractivity contribution is 5.09.